The first-order valence-electron chi connectivity index (χ1n) is 6.27. The lowest BCUT2D eigenvalue weighted by Crippen LogP contribution is -2.32. The zero-order chi connectivity index (χ0) is 14.0. The van der Waals surface area contributed by atoms with Crippen molar-refractivity contribution in [3.05, 3.63) is 21.7 Å². The van der Waals surface area contributed by atoms with Gasteiger partial charge < -0.3 is 9.84 Å². The summed E-state index contributed by atoms with van der Waals surface area (Å²) in [5, 5.41) is 10.4. The second-order valence-corrected chi connectivity index (χ2v) is 5.51. The van der Waals surface area contributed by atoms with E-state index >= 15 is 0 Å². The topological polar surface area (TPSA) is 58.9 Å². The third-order valence-corrected chi connectivity index (χ3v) is 4.69. The molecule has 0 radical (unpaired) electrons. The van der Waals surface area contributed by atoms with Crippen molar-refractivity contribution < 1.29 is 14.6 Å². The van der Waals surface area contributed by atoms with Crippen molar-refractivity contribution in [1.29, 1.82) is 0 Å². The molecule has 5 heteroatoms. The van der Waals surface area contributed by atoms with E-state index < -0.39 is 5.54 Å². The number of aliphatic imine (C=N–C) groups is 1. The summed E-state index contributed by atoms with van der Waals surface area (Å²) in [5.74, 6) is 0.479. The first kappa shape index (κ1) is 14.1. The molecule has 102 valence electrons. The molecule has 2 rings (SSSR count). The molecule has 0 amide bonds. The summed E-state index contributed by atoms with van der Waals surface area (Å²) in [6.07, 6.45) is 4.90. The number of carbonyl (C=O) groups excluding carboxylic acids is 1. The van der Waals surface area contributed by atoms with Crippen LogP contribution in [0.4, 0.5) is 0 Å². The number of aromatic hydroxyl groups is 1. The Hall–Kier alpha value is -1.32. The van der Waals surface area contributed by atoms with Gasteiger partial charge in [-0.25, -0.2) is 4.79 Å². The number of benzene rings is 1. The van der Waals surface area contributed by atoms with E-state index in [0.717, 1.165) is 35.7 Å². The van der Waals surface area contributed by atoms with Gasteiger partial charge in [0.15, 0.2) is 11.5 Å². The van der Waals surface area contributed by atoms with E-state index in [2.05, 4.69) is 20.9 Å². The number of isocyanates is 1. The molecule has 1 saturated carbocycles. The summed E-state index contributed by atoms with van der Waals surface area (Å²) in [5.41, 5.74) is 1.03. The Morgan fingerprint density at radius 1 is 1.58 bits per heavy atom. The largest absolute Gasteiger partial charge is 0.504 e. The first-order chi connectivity index (χ1) is 9.09. The normalized spacial score (nSPS) is 16.4. The second-order valence-electron chi connectivity index (χ2n) is 4.72. The van der Waals surface area contributed by atoms with E-state index in [1.54, 1.807) is 12.1 Å². The van der Waals surface area contributed by atoms with Crippen LogP contribution in [0.3, 0.4) is 0 Å². The third-order valence-electron chi connectivity index (χ3n) is 3.78. The molecule has 0 unspecified atom stereocenters. The Labute approximate surface area is 120 Å². The molecule has 1 aromatic carbocycles. The second kappa shape index (κ2) is 5.35. The van der Waals surface area contributed by atoms with Gasteiger partial charge in [0.25, 0.3) is 0 Å². The number of hydrogen-bond donors (Lipinski definition) is 1. The minimum absolute atomic E-state index is 0.0604. The fourth-order valence-electron chi connectivity index (χ4n) is 2.53. The van der Waals surface area contributed by atoms with Crippen LogP contribution in [0.15, 0.2) is 15.5 Å². The molecule has 1 N–H and O–H groups in total. The predicted octanol–water partition coefficient (Wildman–Crippen LogP) is 3.44. The van der Waals surface area contributed by atoms with Gasteiger partial charge in [-0.15, -0.1) is 0 Å². The summed E-state index contributed by atoms with van der Waals surface area (Å²) in [7, 11) is 1.52. The van der Waals surface area contributed by atoms with Gasteiger partial charge in [-0.1, -0.05) is 6.92 Å². The maximum atomic E-state index is 10.7. The van der Waals surface area contributed by atoms with Crippen molar-refractivity contribution in [3.63, 3.8) is 0 Å². The van der Waals surface area contributed by atoms with Crippen LogP contribution >= 0.6 is 15.9 Å². The Kier molecular flexibility index (Phi) is 3.97. The first-order valence-corrected chi connectivity index (χ1v) is 7.06. The molecule has 19 heavy (non-hydrogen) atoms. The van der Waals surface area contributed by atoms with Crippen molar-refractivity contribution in [1.82, 2.24) is 0 Å². The molecule has 0 atom stereocenters. The highest BCUT2D eigenvalue weighted by Crippen LogP contribution is 2.53. The Balaban J connectivity index is 2.70. The molecule has 1 aliphatic rings. The Bertz CT molecular complexity index is 518. The molecule has 0 aliphatic heterocycles. The van der Waals surface area contributed by atoms with Crippen LogP contribution in [-0.4, -0.2) is 18.3 Å². The Morgan fingerprint density at radius 3 is 2.68 bits per heavy atom. The Morgan fingerprint density at radius 2 is 2.26 bits per heavy atom. The number of aryl methyl sites for hydroxylation is 1. The van der Waals surface area contributed by atoms with Gasteiger partial charge in [-0.2, -0.15) is 4.99 Å². The zero-order valence-electron chi connectivity index (χ0n) is 11.0. The van der Waals surface area contributed by atoms with E-state index in [0.29, 0.717) is 11.3 Å². The monoisotopic (exact) mass is 325 g/mol. The number of phenols is 1. The minimum atomic E-state index is -0.650. The number of ether oxygens (including phenoxy) is 1. The summed E-state index contributed by atoms with van der Waals surface area (Å²) in [6.45, 7) is 2.02. The van der Waals surface area contributed by atoms with Crippen LogP contribution in [0, 0.1) is 0 Å². The van der Waals surface area contributed by atoms with Crippen LogP contribution in [0.25, 0.3) is 0 Å². The highest BCUT2D eigenvalue weighted by Gasteiger charge is 2.43. The van der Waals surface area contributed by atoms with Crippen molar-refractivity contribution >= 4 is 22.0 Å². The van der Waals surface area contributed by atoms with E-state index in [9.17, 15) is 9.90 Å². The minimum Gasteiger partial charge on any atom is -0.504 e. The smallest absolute Gasteiger partial charge is 0.235 e. The van der Waals surface area contributed by atoms with Crippen molar-refractivity contribution in [2.24, 2.45) is 4.99 Å². The standard InChI is InChI=1S/C14H16BrNO3/c1-3-9-7-10(19-2)13(18)11(12(9)15)14(16-8-17)5-4-6-14/h7,18H,3-6H2,1-2H3. The summed E-state index contributed by atoms with van der Waals surface area (Å²) in [4.78, 5) is 14.7. The number of halogens is 1. The molecule has 0 heterocycles. The maximum absolute atomic E-state index is 10.7. The highest BCUT2D eigenvalue weighted by molar-refractivity contribution is 9.10. The number of nitrogens with zero attached hydrogens (tertiary/aromatic N) is 1. The summed E-state index contributed by atoms with van der Waals surface area (Å²) >= 11 is 3.53. The van der Waals surface area contributed by atoms with Crippen molar-refractivity contribution in [2.45, 2.75) is 38.1 Å². The molecule has 1 aliphatic carbocycles. The van der Waals surface area contributed by atoms with Gasteiger partial charge in [0.1, 0.15) is 5.54 Å². The maximum Gasteiger partial charge on any atom is 0.235 e. The van der Waals surface area contributed by atoms with E-state index in [-0.39, 0.29) is 5.75 Å². The van der Waals surface area contributed by atoms with Gasteiger partial charge in [-0.05, 0) is 53.2 Å². The van der Waals surface area contributed by atoms with Crippen LogP contribution in [0.5, 0.6) is 11.5 Å². The van der Waals surface area contributed by atoms with Gasteiger partial charge in [-0.3, -0.25) is 0 Å². The third kappa shape index (κ3) is 2.17. The molecule has 0 bridgehead atoms. The molecular formula is C14H16BrNO3. The number of rotatable bonds is 4. The molecule has 1 aromatic rings. The fourth-order valence-corrected chi connectivity index (χ4v) is 3.48. The van der Waals surface area contributed by atoms with E-state index in [1.807, 2.05) is 6.92 Å². The van der Waals surface area contributed by atoms with Gasteiger partial charge in [0.2, 0.25) is 6.08 Å². The summed E-state index contributed by atoms with van der Waals surface area (Å²) < 4.78 is 6.03. The van der Waals surface area contributed by atoms with Gasteiger partial charge in [0.05, 0.1) is 7.11 Å². The highest BCUT2D eigenvalue weighted by atomic mass is 79.9. The van der Waals surface area contributed by atoms with E-state index in [4.69, 9.17) is 4.74 Å². The van der Waals surface area contributed by atoms with Gasteiger partial charge >= 0.3 is 0 Å². The number of hydrogen-bond acceptors (Lipinski definition) is 4. The molecule has 0 saturated heterocycles. The number of phenolic OH excluding ortho intramolecular Hbond substituents is 1. The zero-order valence-corrected chi connectivity index (χ0v) is 12.6. The molecular weight excluding hydrogens is 310 g/mol. The average Bonchev–Trinajstić information content (AvgIpc) is 2.36. The fraction of sp³-hybridized carbons (Fsp3) is 0.500. The molecule has 1 fully saturated rings. The van der Waals surface area contributed by atoms with Crippen LogP contribution in [0.1, 0.15) is 37.3 Å². The predicted molar refractivity (Wildman–Crippen MR) is 75.4 cm³/mol. The van der Waals surface area contributed by atoms with Crippen LogP contribution in [0.2, 0.25) is 0 Å². The van der Waals surface area contributed by atoms with E-state index in [1.165, 1.54) is 7.11 Å². The lowest BCUT2D eigenvalue weighted by Gasteiger charge is -2.38. The van der Waals surface area contributed by atoms with Crippen LogP contribution in [-0.2, 0) is 16.8 Å². The number of methoxy groups -OCH3 is 1. The lowest BCUT2D eigenvalue weighted by molar-refractivity contribution is 0.243. The SMILES string of the molecule is CCc1cc(OC)c(O)c(C2(N=C=O)CCC2)c1Br. The van der Waals surface area contributed by atoms with Crippen molar-refractivity contribution in [3.8, 4) is 11.5 Å². The lowest BCUT2D eigenvalue weighted by atomic mass is 9.71. The average molecular weight is 326 g/mol. The molecule has 0 spiro atoms. The summed E-state index contributed by atoms with van der Waals surface area (Å²) in [6, 6.07) is 1.81. The van der Waals surface area contributed by atoms with Crippen LogP contribution < -0.4 is 4.74 Å². The van der Waals surface area contributed by atoms with Gasteiger partial charge in [0, 0.05) is 10.0 Å². The van der Waals surface area contributed by atoms with Crippen molar-refractivity contribution in [2.75, 3.05) is 7.11 Å². The molecule has 4 nitrogen and oxygen atoms in total. The molecule has 0 aromatic heterocycles. The quantitative estimate of drug-likeness (QED) is 0.681.